The molecule has 0 atom stereocenters. The smallest absolute Gasteiger partial charge is 0.192 e. The van der Waals surface area contributed by atoms with Crippen molar-refractivity contribution >= 4 is 17.4 Å². The molecule has 0 saturated heterocycles. The van der Waals surface area contributed by atoms with E-state index in [1.807, 2.05) is 6.07 Å². The lowest BCUT2D eigenvalue weighted by molar-refractivity contribution is 0.435. The van der Waals surface area contributed by atoms with Crippen molar-refractivity contribution in [3.8, 4) is 22.5 Å². The Hall–Kier alpha value is -2.53. The van der Waals surface area contributed by atoms with Gasteiger partial charge in [-0.1, -0.05) is 28.9 Å². The van der Waals surface area contributed by atoms with Crippen molar-refractivity contribution in [1.82, 2.24) is 10.1 Å². The summed E-state index contributed by atoms with van der Waals surface area (Å²) in [6.45, 7) is 1.80. The van der Waals surface area contributed by atoms with Crippen molar-refractivity contribution in [2.45, 2.75) is 6.92 Å². The molecule has 0 saturated carbocycles. The van der Waals surface area contributed by atoms with Gasteiger partial charge in [-0.3, -0.25) is 4.79 Å². The fourth-order valence-electron chi connectivity index (χ4n) is 2.16. The van der Waals surface area contributed by atoms with Gasteiger partial charge in [0.15, 0.2) is 17.0 Å². The van der Waals surface area contributed by atoms with E-state index in [0.717, 1.165) is 11.3 Å². The molecule has 0 fully saturated rings. The van der Waals surface area contributed by atoms with Crippen molar-refractivity contribution < 1.29 is 4.52 Å². The number of nitrogens with two attached hydrogens (primary N) is 1. The summed E-state index contributed by atoms with van der Waals surface area (Å²) in [5, 5.41) is 4.34. The summed E-state index contributed by atoms with van der Waals surface area (Å²) in [6, 6.07) is 8.63. The molecule has 0 unspecified atom stereocenters. The topological polar surface area (TPSA) is 84.9 Å². The highest BCUT2D eigenvalue weighted by Crippen LogP contribution is 2.35. The largest absolute Gasteiger partial charge is 0.380 e. The molecule has 0 aliphatic heterocycles. The summed E-state index contributed by atoms with van der Waals surface area (Å²) < 4.78 is 5.26. The van der Waals surface area contributed by atoms with Crippen LogP contribution in [0.2, 0.25) is 5.02 Å². The maximum atomic E-state index is 12.1. The molecule has 106 valence electrons. The second-order valence-corrected chi connectivity index (χ2v) is 5.11. The van der Waals surface area contributed by atoms with Gasteiger partial charge < -0.3 is 15.2 Å². The Balaban J connectivity index is 2.24. The number of nitrogen functional groups attached to an aromatic ring is 1. The number of nitrogens with one attached hydrogen (secondary N) is 1. The highest BCUT2D eigenvalue weighted by molar-refractivity contribution is 6.30. The zero-order valence-corrected chi connectivity index (χ0v) is 11.9. The van der Waals surface area contributed by atoms with Crippen LogP contribution >= 0.6 is 11.6 Å². The molecule has 2 aromatic heterocycles. The summed E-state index contributed by atoms with van der Waals surface area (Å²) in [5.41, 5.74) is 8.17. The maximum absolute atomic E-state index is 12.1. The number of aromatic amines is 1. The lowest BCUT2D eigenvalue weighted by Gasteiger charge is -2.03. The van der Waals surface area contributed by atoms with Crippen LogP contribution < -0.4 is 11.2 Å². The van der Waals surface area contributed by atoms with E-state index >= 15 is 0 Å². The first kappa shape index (κ1) is 13.5. The predicted molar refractivity (Wildman–Crippen MR) is 82.2 cm³/mol. The molecule has 0 aliphatic carbocycles. The minimum absolute atomic E-state index is 0.161. The molecule has 3 N–H and O–H groups in total. The molecule has 2 heterocycles. The minimum Gasteiger partial charge on any atom is -0.380 e. The molecule has 0 spiro atoms. The average molecular weight is 302 g/mol. The molecule has 5 nitrogen and oxygen atoms in total. The van der Waals surface area contributed by atoms with Crippen LogP contribution in [-0.2, 0) is 0 Å². The molecule has 0 amide bonds. The second-order valence-electron chi connectivity index (χ2n) is 4.68. The normalized spacial score (nSPS) is 10.8. The zero-order chi connectivity index (χ0) is 15.0. The Kier molecular flexibility index (Phi) is 3.27. The van der Waals surface area contributed by atoms with E-state index < -0.39 is 0 Å². The Labute approximate surface area is 125 Å². The van der Waals surface area contributed by atoms with Crippen LogP contribution in [0.15, 0.2) is 45.8 Å². The SMILES string of the molecule is Cc1cc(=O)c(-c2onc(N)c2-c2cccc(Cl)c2)c[nH]1. The monoisotopic (exact) mass is 301 g/mol. The van der Waals surface area contributed by atoms with E-state index in [0.29, 0.717) is 21.9 Å². The van der Waals surface area contributed by atoms with Gasteiger partial charge in [0.05, 0.1) is 11.1 Å². The number of halogens is 1. The average Bonchev–Trinajstić information content (AvgIpc) is 2.80. The van der Waals surface area contributed by atoms with E-state index in [9.17, 15) is 4.79 Å². The van der Waals surface area contributed by atoms with Crippen molar-refractivity contribution in [2.75, 3.05) is 5.73 Å². The molecule has 1 aromatic carbocycles. The van der Waals surface area contributed by atoms with Crippen molar-refractivity contribution in [2.24, 2.45) is 0 Å². The highest BCUT2D eigenvalue weighted by Gasteiger charge is 2.20. The van der Waals surface area contributed by atoms with Gasteiger partial charge in [-0.25, -0.2) is 0 Å². The first-order chi connectivity index (χ1) is 10.1. The van der Waals surface area contributed by atoms with Crippen LogP contribution in [0.3, 0.4) is 0 Å². The van der Waals surface area contributed by atoms with E-state index in [1.165, 1.54) is 6.07 Å². The Morgan fingerprint density at radius 1 is 1.33 bits per heavy atom. The first-order valence-electron chi connectivity index (χ1n) is 6.27. The van der Waals surface area contributed by atoms with E-state index in [1.54, 1.807) is 31.3 Å². The van der Waals surface area contributed by atoms with Gasteiger partial charge in [0, 0.05) is 23.0 Å². The standard InChI is InChI=1S/C15H12ClN3O2/c1-8-5-12(20)11(7-18-8)14-13(15(17)19-21-14)9-3-2-4-10(16)6-9/h2-7H,1H3,(H2,17,19)(H,18,20). The van der Waals surface area contributed by atoms with Gasteiger partial charge in [0.25, 0.3) is 0 Å². The number of hydrogen-bond acceptors (Lipinski definition) is 4. The van der Waals surface area contributed by atoms with E-state index in [4.69, 9.17) is 21.9 Å². The number of benzene rings is 1. The van der Waals surface area contributed by atoms with Crippen molar-refractivity contribution in [3.63, 3.8) is 0 Å². The first-order valence-corrected chi connectivity index (χ1v) is 6.65. The number of aromatic nitrogens is 2. The van der Waals surface area contributed by atoms with Gasteiger partial charge >= 0.3 is 0 Å². The van der Waals surface area contributed by atoms with Crippen molar-refractivity contribution in [1.29, 1.82) is 0 Å². The highest BCUT2D eigenvalue weighted by atomic mass is 35.5. The second kappa shape index (κ2) is 5.10. The fourth-order valence-corrected chi connectivity index (χ4v) is 2.35. The molecule has 0 bridgehead atoms. The van der Waals surface area contributed by atoms with E-state index in [2.05, 4.69) is 10.1 Å². The fraction of sp³-hybridized carbons (Fsp3) is 0.0667. The zero-order valence-electron chi connectivity index (χ0n) is 11.2. The minimum atomic E-state index is -0.161. The maximum Gasteiger partial charge on any atom is 0.192 e. The van der Waals surface area contributed by atoms with E-state index in [-0.39, 0.29) is 11.2 Å². The van der Waals surface area contributed by atoms with Gasteiger partial charge in [-0.2, -0.15) is 0 Å². The summed E-state index contributed by atoms with van der Waals surface area (Å²) in [5.74, 6) is 0.545. The number of nitrogens with zero attached hydrogens (tertiary/aromatic N) is 1. The van der Waals surface area contributed by atoms with Crippen LogP contribution in [0.5, 0.6) is 0 Å². The van der Waals surface area contributed by atoms with Crippen LogP contribution in [0, 0.1) is 6.92 Å². The number of hydrogen-bond donors (Lipinski definition) is 2. The Morgan fingerprint density at radius 2 is 2.14 bits per heavy atom. The Morgan fingerprint density at radius 3 is 2.86 bits per heavy atom. The molecule has 0 radical (unpaired) electrons. The quantitative estimate of drug-likeness (QED) is 0.761. The van der Waals surface area contributed by atoms with Gasteiger partial charge in [-0.15, -0.1) is 0 Å². The van der Waals surface area contributed by atoms with Gasteiger partial charge in [-0.05, 0) is 24.6 Å². The van der Waals surface area contributed by atoms with Crippen molar-refractivity contribution in [3.05, 3.63) is 57.5 Å². The van der Waals surface area contributed by atoms with Crippen LogP contribution in [0.1, 0.15) is 5.69 Å². The number of aryl methyl sites for hydroxylation is 1. The summed E-state index contributed by atoms with van der Waals surface area (Å²) in [4.78, 5) is 15.1. The number of pyridine rings is 1. The summed E-state index contributed by atoms with van der Waals surface area (Å²) in [6.07, 6.45) is 1.59. The lowest BCUT2D eigenvalue weighted by Crippen LogP contribution is -2.05. The Bertz CT molecular complexity index is 867. The molecular weight excluding hydrogens is 290 g/mol. The van der Waals surface area contributed by atoms with Gasteiger partial charge in [0.1, 0.15) is 0 Å². The molecule has 6 heteroatoms. The molecule has 0 aliphatic rings. The van der Waals surface area contributed by atoms with Crippen LogP contribution in [-0.4, -0.2) is 10.1 Å². The van der Waals surface area contributed by atoms with Gasteiger partial charge in [0.2, 0.25) is 0 Å². The molecular formula is C15H12ClN3O2. The number of H-pyrrole nitrogens is 1. The number of rotatable bonds is 2. The molecule has 3 aromatic rings. The summed E-state index contributed by atoms with van der Waals surface area (Å²) >= 11 is 6.00. The molecule has 3 rings (SSSR count). The molecule has 21 heavy (non-hydrogen) atoms. The van der Waals surface area contributed by atoms with Crippen LogP contribution in [0.4, 0.5) is 5.82 Å². The third-order valence-electron chi connectivity index (χ3n) is 3.13. The lowest BCUT2D eigenvalue weighted by atomic mass is 10.0. The predicted octanol–water partition coefficient (Wildman–Crippen LogP) is 3.24. The van der Waals surface area contributed by atoms with Crippen LogP contribution in [0.25, 0.3) is 22.5 Å². The third-order valence-corrected chi connectivity index (χ3v) is 3.37. The summed E-state index contributed by atoms with van der Waals surface area (Å²) in [7, 11) is 0. The number of anilines is 1. The third kappa shape index (κ3) is 2.43.